The summed E-state index contributed by atoms with van der Waals surface area (Å²) in [6.45, 7) is 46.6. The van der Waals surface area contributed by atoms with Gasteiger partial charge in [0.2, 0.25) is 8.32 Å². The molecule has 2 heterocycles. The fourth-order valence-corrected chi connectivity index (χ4v) is 32.8. The van der Waals surface area contributed by atoms with Crippen LogP contribution in [0.25, 0.3) is 0 Å². The van der Waals surface area contributed by atoms with E-state index in [1.807, 2.05) is 13.1 Å². The Morgan fingerprint density at radius 2 is 1.07 bits per heavy atom. The molecule has 72 heavy (non-hydrogen) atoms. The van der Waals surface area contributed by atoms with Crippen LogP contribution in [-0.2, 0) is 49.8 Å². The monoisotopic (exact) mass is 1250 g/mol. The molecule has 3 rings (SSSR count). The zero-order valence-electron chi connectivity index (χ0n) is 46.0. The number of rotatable bonds is 23. The lowest BCUT2D eigenvalue weighted by atomic mass is 10.2. The molecule has 0 aromatic heterocycles. The number of benzene rings is 1. The highest BCUT2D eigenvalue weighted by Crippen LogP contribution is 2.28. The molecular weight excluding hydrogens is 1140 g/mol. The summed E-state index contributed by atoms with van der Waals surface area (Å²) >= 11 is 0. The van der Waals surface area contributed by atoms with Crippen molar-refractivity contribution in [1.29, 1.82) is 0 Å². The summed E-state index contributed by atoms with van der Waals surface area (Å²) in [4.78, 5) is 43.7. The Bertz CT molecular complexity index is 1680. The fourth-order valence-electron chi connectivity index (χ4n) is 7.57. The molecule has 0 amide bonds. The lowest BCUT2D eigenvalue weighted by Crippen LogP contribution is -3.00. The molecule has 2 fully saturated rings. The van der Waals surface area contributed by atoms with Gasteiger partial charge in [0.15, 0.2) is 33.3 Å². The molecule has 1 aromatic carbocycles. The van der Waals surface area contributed by atoms with E-state index in [1.165, 1.54) is 43.0 Å². The second-order valence-electron chi connectivity index (χ2n) is 21.7. The Labute approximate surface area is 468 Å². The number of carbonyl (C=O) groups is 3. The SMILES string of the molecule is C.C.C.C=C(C)C(=O)OCCC[Si](C)(C)O.C=CC(C)C(=O)OCCC[Si](C)(C)O[Si](C)(C)O[Si](C)(C)O[Si](C)(C)CCCOC(=O)C(=C)C.C[Si]1(C)CCCCO1.C[Si]1(c2ccccc2)CCCCO1.[2HH].[I-]. The first kappa shape index (κ1) is 79.7. The number of carbonyl (C=O) groups excluding carboxylic acids is 3. The molecule has 0 spiro atoms. The first-order valence-corrected chi connectivity index (χ1v) is 45.5. The van der Waals surface area contributed by atoms with Gasteiger partial charge in [-0.1, -0.05) is 84.7 Å². The van der Waals surface area contributed by atoms with Crippen LogP contribution in [-0.4, -0.2) is 114 Å². The average molecular weight is 1250 g/mol. The van der Waals surface area contributed by atoms with Crippen molar-refractivity contribution in [1.82, 2.24) is 0 Å². The summed E-state index contributed by atoms with van der Waals surface area (Å²) < 4.78 is 46.8. The third-order valence-electron chi connectivity index (χ3n) is 11.0. The fraction of sp³-hybridized carbons (Fsp3) is 0.712. The molecule has 2 unspecified atom stereocenters. The van der Waals surface area contributed by atoms with E-state index >= 15 is 0 Å². The van der Waals surface area contributed by atoms with E-state index in [1.54, 1.807) is 26.8 Å². The van der Waals surface area contributed by atoms with Crippen molar-refractivity contribution in [3.8, 4) is 0 Å². The number of hydrogen-bond donors (Lipinski definition) is 1. The van der Waals surface area contributed by atoms with Crippen LogP contribution >= 0.6 is 0 Å². The van der Waals surface area contributed by atoms with Crippen molar-refractivity contribution >= 4 is 81.8 Å². The van der Waals surface area contributed by atoms with Crippen LogP contribution in [0, 0.1) is 5.92 Å². The smallest absolute Gasteiger partial charge is 0.333 e. The largest absolute Gasteiger partial charge is 1.00 e. The van der Waals surface area contributed by atoms with Gasteiger partial charge in [0.1, 0.15) is 0 Å². The van der Waals surface area contributed by atoms with Gasteiger partial charge in [0, 0.05) is 25.8 Å². The molecule has 12 nitrogen and oxygen atoms in total. The molecule has 2 aliphatic rings. The van der Waals surface area contributed by atoms with E-state index in [0.717, 1.165) is 50.6 Å². The summed E-state index contributed by atoms with van der Waals surface area (Å²) in [5.41, 5.74) is 0.831. The predicted molar refractivity (Wildman–Crippen MR) is 320 cm³/mol. The molecule has 426 valence electrons. The molecule has 0 saturated carbocycles. The van der Waals surface area contributed by atoms with Crippen LogP contribution in [0.5, 0.6) is 0 Å². The number of halogens is 1. The minimum absolute atomic E-state index is 0. The van der Waals surface area contributed by atoms with Crippen LogP contribution in [0.2, 0.25) is 115 Å². The first-order valence-electron chi connectivity index (χ1n) is 24.8. The quantitative estimate of drug-likeness (QED) is 0.0212. The van der Waals surface area contributed by atoms with E-state index in [9.17, 15) is 19.2 Å². The Balaban J connectivity index is -0.000000235. The Morgan fingerprint density at radius 1 is 0.667 bits per heavy atom. The van der Waals surface area contributed by atoms with Crippen molar-refractivity contribution < 1.29 is 80.0 Å². The van der Waals surface area contributed by atoms with Crippen LogP contribution in [0.3, 0.4) is 0 Å². The highest BCUT2D eigenvalue weighted by Gasteiger charge is 2.43. The van der Waals surface area contributed by atoms with Gasteiger partial charge in [-0.2, -0.15) is 0 Å². The van der Waals surface area contributed by atoms with E-state index in [2.05, 4.69) is 122 Å². The number of ether oxygens (including phenoxy) is 3. The van der Waals surface area contributed by atoms with E-state index in [-0.39, 0.29) is 71.5 Å². The summed E-state index contributed by atoms with van der Waals surface area (Å²) in [6, 6.07) is 15.9. The zero-order valence-corrected chi connectivity index (χ0v) is 55.2. The minimum Gasteiger partial charge on any atom is -1.00 e. The summed E-state index contributed by atoms with van der Waals surface area (Å²) in [5, 5.41) is 1.45. The Morgan fingerprint density at radius 3 is 1.40 bits per heavy atom. The molecule has 2 saturated heterocycles. The third kappa shape index (κ3) is 40.2. The topological polar surface area (TPSA) is 145 Å². The van der Waals surface area contributed by atoms with Crippen LogP contribution in [0.4, 0.5) is 0 Å². The number of esters is 3. The lowest BCUT2D eigenvalue weighted by molar-refractivity contribution is -0.146. The molecule has 20 heteroatoms. The average Bonchev–Trinajstić information content (AvgIpc) is 3.21. The van der Waals surface area contributed by atoms with Crippen LogP contribution in [0.15, 0.2) is 67.3 Å². The third-order valence-corrected chi connectivity index (χ3v) is 34.2. The molecular formula is C52H110IO12Si7-. The van der Waals surface area contributed by atoms with E-state index in [0.29, 0.717) is 31.0 Å². The van der Waals surface area contributed by atoms with Crippen LogP contribution in [0.1, 0.15) is 89.4 Å². The first-order chi connectivity index (χ1) is 31.2. The molecule has 1 N–H and O–H groups in total. The predicted octanol–water partition coefficient (Wildman–Crippen LogP) is 11.2. The van der Waals surface area contributed by atoms with Crippen molar-refractivity contribution in [2.24, 2.45) is 5.92 Å². The van der Waals surface area contributed by atoms with Gasteiger partial charge in [-0.3, -0.25) is 4.79 Å². The second kappa shape index (κ2) is 38.4. The van der Waals surface area contributed by atoms with E-state index < -0.39 is 58.7 Å². The minimum atomic E-state index is -2.42. The van der Waals surface area contributed by atoms with Gasteiger partial charge in [0.05, 0.1) is 25.7 Å². The van der Waals surface area contributed by atoms with Gasteiger partial charge in [-0.15, -0.1) is 6.58 Å². The molecule has 2 atom stereocenters. The van der Waals surface area contributed by atoms with Gasteiger partial charge < -0.3 is 64.2 Å². The number of hydrogen-bond acceptors (Lipinski definition) is 12. The van der Waals surface area contributed by atoms with Crippen molar-refractivity contribution in [3.05, 3.63) is 67.3 Å². The standard InChI is InChI=1S/C23H48O7Si4.C11H16OSi.C9H18O3Si.C6H14OSi.3CH4.HI.H2/c1-13-21(4)23(25)27-17-15-19-32(7,8)29-34(11,12)30-33(9,10)28-31(5,6)18-14-16-26-22(24)20(2)3;1-13(10-6-5-9-12-13)11-7-3-2-4-8-11;1-8(2)9(10)12-6-5-7-13(3,4)11;1-8(2)6-4-3-5-7-8;;;;;/h13,21H,1-2,14-19H2,3-12H3;2-4,7-8H,5-6,9-10H2,1H3;11H,1,5-7H2,2-4H3;3-6H2,1-2H3;3*1H4;2*1H/p-1/i;;;;;;;;1+1. The Hall–Kier alpha value is -1.14. The van der Waals surface area contributed by atoms with Gasteiger partial charge >= 0.3 is 35.0 Å². The molecule has 2 aliphatic heterocycles. The van der Waals surface area contributed by atoms with Gasteiger partial charge in [0.25, 0.3) is 0 Å². The summed E-state index contributed by atoms with van der Waals surface area (Å²) in [6.07, 6.45) is 9.13. The maximum absolute atomic E-state index is 11.8. The van der Waals surface area contributed by atoms with Crippen molar-refractivity contribution in [2.45, 2.75) is 203 Å². The highest BCUT2D eigenvalue weighted by molar-refractivity contribution is 6.89. The van der Waals surface area contributed by atoms with E-state index in [4.69, 9.17) is 35.4 Å². The van der Waals surface area contributed by atoms with Crippen molar-refractivity contribution in [3.63, 3.8) is 0 Å². The summed E-state index contributed by atoms with van der Waals surface area (Å²) in [5.74, 6) is -1.22. The van der Waals surface area contributed by atoms with Gasteiger partial charge in [-0.25, -0.2) is 9.59 Å². The molecule has 0 radical (unpaired) electrons. The maximum atomic E-state index is 11.8. The van der Waals surface area contributed by atoms with Crippen LogP contribution < -0.4 is 29.2 Å². The summed E-state index contributed by atoms with van der Waals surface area (Å²) in [7, 11) is -13.4. The Kier molecular flexibility index (Phi) is 42.5. The molecule has 1 aromatic rings. The second-order valence-corrected chi connectivity index (χ2v) is 50.1. The lowest BCUT2D eigenvalue weighted by Gasteiger charge is -2.41. The van der Waals surface area contributed by atoms with Crippen molar-refractivity contribution in [2.75, 3.05) is 33.0 Å². The molecule has 0 aliphatic carbocycles. The molecule has 0 bridgehead atoms. The highest BCUT2D eigenvalue weighted by atomic mass is 127. The maximum Gasteiger partial charge on any atom is 0.333 e. The van der Waals surface area contributed by atoms with Gasteiger partial charge in [-0.05, 0) is 173 Å². The zero-order chi connectivity index (χ0) is 52.5. The normalized spacial score (nSPS) is 16.8.